The molecule has 0 spiro atoms. The van der Waals surface area contributed by atoms with Gasteiger partial charge in [0.05, 0.1) is 17.4 Å². The number of Topliss-reactive ketones (excluding diaryl/α,β-unsaturated/α-hetero) is 2. The van der Waals surface area contributed by atoms with Crippen LogP contribution in [0.15, 0.2) is 64.8 Å². The normalized spacial score (nSPS) is 18.5. The number of piperidine rings is 1. The maximum absolute atomic E-state index is 13.5. The third-order valence-corrected chi connectivity index (χ3v) is 7.43. The van der Waals surface area contributed by atoms with E-state index in [2.05, 4.69) is 4.72 Å². The zero-order valence-corrected chi connectivity index (χ0v) is 20.0. The fraction of sp³-hybridized carbons (Fsp3) is 0.292. The summed E-state index contributed by atoms with van der Waals surface area (Å²) in [4.78, 5) is 40.8. The van der Waals surface area contributed by atoms with E-state index in [-0.39, 0.29) is 46.5 Å². The maximum atomic E-state index is 13.5. The molecule has 2 aromatic rings. The number of nitrogens with zero attached hydrogens (tertiary/aromatic N) is 1. The summed E-state index contributed by atoms with van der Waals surface area (Å²) in [5, 5.41) is 0.357. The Balaban J connectivity index is 1.78. The number of hydrogen-bond donors (Lipinski definition) is 1. The van der Waals surface area contributed by atoms with E-state index in [1.54, 1.807) is 24.0 Å². The number of esters is 1. The molecule has 8 nitrogen and oxygen atoms in total. The Morgan fingerprint density at radius 2 is 1.74 bits per heavy atom. The van der Waals surface area contributed by atoms with E-state index in [0.29, 0.717) is 24.4 Å². The van der Waals surface area contributed by atoms with Gasteiger partial charge < -0.3 is 9.64 Å². The molecule has 1 atom stereocenters. The molecule has 1 N–H and O–H groups in total. The van der Waals surface area contributed by atoms with Crippen molar-refractivity contribution in [1.29, 1.82) is 0 Å². The van der Waals surface area contributed by atoms with Gasteiger partial charge in [-0.1, -0.05) is 35.9 Å². The molecule has 0 amide bonds. The molecule has 1 heterocycles. The van der Waals surface area contributed by atoms with Crippen LogP contribution < -0.4 is 4.72 Å². The zero-order valence-electron chi connectivity index (χ0n) is 18.4. The first-order valence-corrected chi connectivity index (χ1v) is 12.7. The number of benzene rings is 2. The number of allylic oxidation sites excluding steroid dienone is 2. The van der Waals surface area contributed by atoms with Crippen molar-refractivity contribution < 1.29 is 27.5 Å². The highest BCUT2D eigenvalue weighted by atomic mass is 35.5. The Morgan fingerprint density at radius 1 is 1.09 bits per heavy atom. The lowest BCUT2D eigenvalue weighted by Crippen LogP contribution is -2.45. The standard InChI is InChI=1S/C24H23ClN2O6S/c1-2-33-24(30)15-6-5-13-27(14-15)21-20(22(28)18-7-3-4-8-19(18)23(21)29)26-34(31,32)17-11-9-16(25)10-12-17/h3-4,7-12,15,26H,2,5-6,13-14H2,1H3/t15-/m0/s1. The van der Waals surface area contributed by atoms with Crippen molar-refractivity contribution in [1.82, 2.24) is 9.62 Å². The van der Waals surface area contributed by atoms with Gasteiger partial charge in [-0.15, -0.1) is 0 Å². The Kier molecular flexibility index (Phi) is 6.77. The van der Waals surface area contributed by atoms with Crippen molar-refractivity contribution in [3.05, 3.63) is 76.1 Å². The number of ketones is 2. The number of likely N-dealkylation sites (tertiary alicyclic amines) is 1. The molecule has 0 radical (unpaired) electrons. The highest BCUT2D eigenvalue weighted by Gasteiger charge is 2.39. The SMILES string of the molecule is CCOC(=O)[C@H]1CCCN(C2=C(NS(=O)(=O)c3ccc(Cl)cc3)C(=O)c3ccccc3C2=O)C1. The average molecular weight is 503 g/mol. The second-order valence-electron chi connectivity index (χ2n) is 8.02. The topological polar surface area (TPSA) is 110 Å². The molecule has 1 fully saturated rings. The summed E-state index contributed by atoms with van der Waals surface area (Å²) in [7, 11) is -4.20. The number of carbonyl (C=O) groups is 3. The second kappa shape index (κ2) is 9.60. The smallest absolute Gasteiger partial charge is 0.310 e. The lowest BCUT2D eigenvalue weighted by molar-refractivity contribution is -0.149. The van der Waals surface area contributed by atoms with Gasteiger partial charge in [-0.2, -0.15) is 0 Å². The predicted octanol–water partition coefficient (Wildman–Crippen LogP) is 3.18. The van der Waals surface area contributed by atoms with Crippen molar-refractivity contribution in [2.24, 2.45) is 5.92 Å². The Hall–Kier alpha value is -3.17. The summed E-state index contributed by atoms with van der Waals surface area (Å²) < 4.78 is 33.7. The van der Waals surface area contributed by atoms with Crippen molar-refractivity contribution in [3.8, 4) is 0 Å². The fourth-order valence-electron chi connectivity index (χ4n) is 4.20. The second-order valence-corrected chi connectivity index (χ2v) is 10.1. The molecular formula is C24H23ClN2O6S. The van der Waals surface area contributed by atoms with Crippen molar-refractivity contribution in [2.75, 3.05) is 19.7 Å². The molecular weight excluding hydrogens is 480 g/mol. The van der Waals surface area contributed by atoms with E-state index < -0.39 is 27.5 Å². The number of ether oxygens (including phenoxy) is 1. The molecule has 1 aliphatic heterocycles. The first-order valence-electron chi connectivity index (χ1n) is 10.9. The summed E-state index contributed by atoms with van der Waals surface area (Å²) in [6, 6.07) is 11.7. The molecule has 0 bridgehead atoms. The Bertz CT molecular complexity index is 1290. The van der Waals surface area contributed by atoms with E-state index in [9.17, 15) is 22.8 Å². The largest absolute Gasteiger partial charge is 0.466 e. The van der Waals surface area contributed by atoms with E-state index >= 15 is 0 Å². The van der Waals surface area contributed by atoms with Crippen LogP contribution in [-0.4, -0.2) is 50.5 Å². The molecule has 0 aromatic heterocycles. The van der Waals surface area contributed by atoms with Crippen LogP contribution in [0.1, 0.15) is 40.5 Å². The maximum Gasteiger partial charge on any atom is 0.310 e. The van der Waals surface area contributed by atoms with Gasteiger partial charge in [0.2, 0.25) is 11.6 Å². The van der Waals surface area contributed by atoms with Gasteiger partial charge in [-0.3, -0.25) is 19.1 Å². The highest BCUT2D eigenvalue weighted by Crippen LogP contribution is 2.31. The van der Waals surface area contributed by atoms with Crippen LogP contribution >= 0.6 is 11.6 Å². The van der Waals surface area contributed by atoms with Crippen molar-refractivity contribution >= 4 is 39.2 Å². The Labute approximate surface area is 202 Å². The van der Waals surface area contributed by atoms with Gasteiger partial charge in [-0.05, 0) is 44.0 Å². The number of sulfonamides is 1. The first-order chi connectivity index (χ1) is 16.2. The van der Waals surface area contributed by atoms with Crippen LogP contribution in [0.3, 0.4) is 0 Å². The lowest BCUT2D eigenvalue weighted by atomic mass is 9.88. The fourth-order valence-corrected chi connectivity index (χ4v) is 5.39. The molecule has 10 heteroatoms. The zero-order chi connectivity index (χ0) is 24.5. The average Bonchev–Trinajstić information content (AvgIpc) is 2.83. The monoisotopic (exact) mass is 502 g/mol. The van der Waals surface area contributed by atoms with Gasteiger partial charge in [0.25, 0.3) is 10.0 Å². The van der Waals surface area contributed by atoms with Gasteiger partial charge in [0.15, 0.2) is 0 Å². The van der Waals surface area contributed by atoms with Crippen molar-refractivity contribution in [3.63, 3.8) is 0 Å². The quantitative estimate of drug-likeness (QED) is 0.604. The first kappa shape index (κ1) is 24.0. The summed E-state index contributed by atoms with van der Waals surface area (Å²) in [6.45, 7) is 2.47. The minimum absolute atomic E-state index is 0.0600. The van der Waals surface area contributed by atoms with Crippen LogP contribution in [0.4, 0.5) is 0 Å². The molecule has 178 valence electrons. The number of carbonyl (C=O) groups excluding carboxylic acids is 3. The van der Waals surface area contributed by atoms with Crippen LogP contribution in [0.2, 0.25) is 5.02 Å². The highest BCUT2D eigenvalue weighted by molar-refractivity contribution is 7.89. The van der Waals surface area contributed by atoms with Gasteiger partial charge in [-0.25, -0.2) is 8.42 Å². The number of fused-ring (bicyclic) bond motifs is 1. The van der Waals surface area contributed by atoms with Crippen LogP contribution in [0.5, 0.6) is 0 Å². The van der Waals surface area contributed by atoms with Crippen LogP contribution in [0, 0.1) is 5.92 Å². The molecule has 2 aromatic carbocycles. The molecule has 4 rings (SSSR count). The van der Waals surface area contributed by atoms with E-state index in [1.165, 1.54) is 36.4 Å². The predicted molar refractivity (Wildman–Crippen MR) is 125 cm³/mol. The van der Waals surface area contributed by atoms with Gasteiger partial charge >= 0.3 is 5.97 Å². The molecule has 34 heavy (non-hydrogen) atoms. The number of rotatable bonds is 6. The number of halogens is 1. The summed E-state index contributed by atoms with van der Waals surface area (Å²) in [5.41, 5.74) is -0.0856. The van der Waals surface area contributed by atoms with Crippen LogP contribution in [-0.2, 0) is 19.6 Å². The lowest BCUT2D eigenvalue weighted by Gasteiger charge is -2.36. The molecule has 1 saturated heterocycles. The Morgan fingerprint density at radius 3 is 2.38 bits per heavy atom. The summed E-state index contributed by atoms with van der Waals surface area (Å²) >= 11 is 5.87. The third kappa shape index (κ3) is 4.58. The molecule has 0 unspecified atom stereocenters. The van der Waals surface area contributed by atoms with E-state index in [4.69, 9.17) is 16.3 Å². The van der Waals surface area contributed by atoms with Gasteiger partial charge in [0, 0.05) is 29.2 Å². The number of nitrogens with one attached hydrogen (secondary N) is 1. The summed E-state index contributed by atoms with van der Waals surface area (Å²) in [5.74, 6) is -1.96. The van der Waals surface area contributed by atoms with Gasteiger partial charge in [0.1, 0.15) is 11.4 Å². The van der Waals surface area contributed by atoms with E-state index in [0.717, 1.165) is 0 Å². The molecule has 0 saturated carbocycles. The molecule has 1 aliphatic carbocycles. The minimum Gasteiger partial charge on any atom is -0.466 e. The van der Waals surface area contributed by atoms with Crippen LogP contribution in [0.25, 0.3) is 0 Å². The minimum atomic E-state index is -4.20. The molecule has 2 aliphatic rings. The third-order valence-electron chi connectivity index (χ3n) is 5.81. The van der Waals surface area contributed by atoms with E-state index in [1.807, 2.05) is 0 Å². The number of hydrogen-bond acceptors (Lipinski definition) is 7. The van der Waals surface area contributed by atoms with Crippen molar-refractivity contribution in [2.45, 2.75) is 24.7 Å². The summed E-state index contributed by atoms with van der Waals surface area (Å²) in [6.07, 6.45) is 1.15.